The van der Waals surface area contributed by atoms with E-state index in [0.717, 1.165) is 60.9 Å². The first kappa shape index (κ1) is 25.8. The first-order valence-corrected chi connectivity index (χ1v) is 12.6. The van der Waals surface area contributed by atoms with Crippen LogP contribution in [-0.4, -0.2) is 59.3 Å². The van der Waals surface area contributed by atoms with Crippen LogP contribution in [-0.2, 0) is 24.9 Å². The second-order valence-corrected chi connectivity index (χ2v) is 9.99. The molecule has 0 radical (unpaired) electrons. The van der Waals surface area contributed by atoms with Crippen molar-refractivity contribution >= 4 is 5.91 Å². The number of hydrogen-bond acceptors (Lipinski definition) is 5. The van der Waals surface area contributed by atoms with Gasteiger partial charge in [-0.15, -0.1) is 0 Å². The van der Waals surface area contributed by atoms with Crippen LogP contribution in [0.25, 0.3) is 0 Å². The van der Waals surface area contributed by atoms with Crippen LogP contribution in [0.1, 0.15) is 36.1 Å². The minimum absolute atomic E-state index is 0.161. The Morgan fingerprint density at radius 3 is 2.33 bits per heavy atom. The van der Waals surface area contributed by atoms with Crippen molar-refractivity contribution in [1.82, 2.24) is 19.6 Å². The maximum atomic E-state index is 13.4. The standard InChI is InChI=1S/C29H38N4O3/c1-23-26(28(35-4)32(3)30-23)21-33-17-15-29(16-18-33,22-36-25-13-9-6-10-14-25)19-27(34)31(2)20-24-11-7-5-8-12-24/h5-14H,15-22H2,1-4H3. The number of benzene rings is 2. The number of para-hydroxylation sites is 1. The highest BCUT2D eigenvalue weighted by Crippen LogP contribution is 2.37. The molecule has 1 aliphatic rings. The van der Waals surface area contributed by atoms with Crippen molar-refractivity contribution in [3.8, 4) is 11.6 Å². The number of nitrogens with zero attached hydrogens (tertiary/aromatic N) is 4. The van der Waals surface area contributed by atoms with E-state index in [0.29, 0.717) is 19.6 Å². The molecule has 36 heavy (non-hydrogen) atoms. The van der Waals surface area contributed by atoms with E-state index in [1.54, 1.807) is 11.8 Å². The molecule has 0 unspecified atom stereocenters. The molecule has 0 spiro atoms. The molecule has 1 amide bonds. The molecule has 0 atom stereocenters. The van der Waals surface area contributed by atoms with Crippen LogP contribution < -0.4 is 9.47 Å². The zero-order valence-electron chi connectivity index (χ0n) is 21.9. The van der Waals surface area contributed by atoms with E-state index < -0.39 is 0 Å². The van der Waals surface area contributed by atoms with Gasteiger partial charge in [0.1, 0.15) is 5.75 Å². The van der Waals surface area contributed by atoms with Gasteiger partial charge in [0.15, 0.2) is 0 Å². The Bertz CT molecular complexity index is 1120. The Balaban J connectivity index is 1.44. The lowest BCUT2D eigenvalue weighted by Crippen LogP contribution is -2.45. The highest BCUT2D eigenvalue weighted by Gasteiger charge is 2.38. The number of carbonyl (C=O) groups excluding carboxylic acids is 1. The van der Waals surface area contributed by atoms with Gasteiger partial charge in [-0.3, -0.25) is 9.69 Å². The molecule has 0 N–H and O–H groups in total. The van der Waals surface area contributed by atoms with Crippen molar-refractivity contribution in [2.24, 2.45) is 12.5 Å². The summed E-state index contributed by atoms with van der Waals surface area (Å²) in [7, 11) is 5.50. The van der Waals surface area contributed by atoms with Gasteiger partial charge in [0, 0.05) is 39.0 Å². The Hall–Kier alpha value is -3.32. The third-order valence-electron chi connectivity index (χ3n) is 7.28. The van der Waals surface area contributed by atoms with Crippen molar-refractivity contribution in [1.29, 1.82) is 0 Å². The van der Waals surface area contributed by atoms with Crippen LogP contribution in [0.2, 0.25) is 0 Å². The quantitative estimate of drug-likeness (QED) is 0.420. The smallest absolute Gasteiger partial charge is 0.223 e. The third-order valence-corrected chi connectivity index (χ3v) is 7.28. The molecule has 0 aliphatic carbocycles. The fourth-order valence-electron chi connectivity index (χ4n) is 5.05. The minimum atomic E-state index is -0.206. The molecular formula is C29H38N4O3. The molecule has 2 aromatic carbocycles. The summed E-state index contributed by atoms with van der Waals surface area (Å²) in [5.74, 6) is 1.82. The van der Waals surface area contributed by atoms with Crippen molar-refractivity contribution in [3.05, 3.63) is 77.5 Å². The predicted octanol–water partition coefficient (Wildman–Crippen LogP) is 4.45. The Labute approximate surface area is 214 Å². The van der Waals surface area contributed by atoms with Gasteiger partial charge in [-0.25, -0.2) is 4.68 Å². The highest BCUT2D eigenvalue weighted by molar-refractivity contribution is 5.76. The van der Waals surface area contributed by atoms with Gasteiger partial charge in [-0.05, 0) is 50.6 Å². The maximum absolute atomic E-state index is 13.4. The van der Waals surface area contributed by atoms with Gasteiger partial charge in [-0.2, -0.15) is 5.10 Å². The molecule has 4 rings (SSSR count). The largest absolute Gasteiger partial charge is 0.493 e. The molecule has 1 aromatic heterocycles. The van der Waals surface area contributed by atoms with Crippen molar-refractivity contribution in [3.63, 3.8) is 0 Å². The molecule has 0 bridgehead atoms. The monoisotopic (exact) mass is 490 g/mol. The number of hydrogen-bond donors (Lipinski definition) is 0. The van der Waals surface area contributed by atoms with Crippen molar-refractivity contribution in [2.45, 2.75) is 39.3 Å². The van der Waals surface area contributed by atoms with Crippen LogP contribution in [0.4, 0.5) is 0 Å². The zero-order chi connectivity index (χ0) is 25.5. The van der Waals surface area contributed by atoms with E-state index in [-0.39, 0.29) is 11.3 Å². The second kappa shape index (κ2) is 11.6. The average Bonchev–Trinajstić information content (AvgIpc) is 3.16. The lowest BCUT2D eigenvalue weighted by molar-refractivity contribution is -0.134. The number of piperidine rings is 1. The molecular weight excluding hydrogens is 452 g/mol. The second-order valence-electron chi connectivity index (χ2n) is 9.99. The number of amides is 1. The average molecular weight is 491 g/mol. The summed E-state index contributed by atoms with van der Waals surface area (Å²) < 4.78 is 13.6. The Morgan fingerprint density at radius 1 is 1.06 bits per heavy atom. The predicted molar refractivity (Wildman–Crippen MR) is 141 cm³/mol. The van der Waals surface area contributed by atoms with Gasteiger partial charge < -0.3 is 14.4 Å². The Kier molecular flexibility index (Phi) is 8.31. The summed E-state index contributed by atoms with van der Waals surface area (Å²) >= 11 is 0. The van der Waals surface area contributed by atoms with E-state index in [1.165, 1.54) is 0 Å². The summed E-state index contributed by atoms with van der Waals surface area (Å²) in [6.45, 7) is 5.75. The summed E-state index contributed by atoms with van der Waals surface area (Å²) in [6, 6.07) is 20.0. The molecule has 3 aromatic rings. The molecule has 2 heterocycles. The SMILES string of the molecule is COc1c(CN2CCC(COc3ccccc3)(CC(=O)N(C)Cc3ccccc3)CC2)c(C)nn1C. The van der Waals surface area contributed by atoms with E-state index in [2.05, 4.69) is 22.1 Å². The molecule has 7 heteroatoms. The molecule has 192 valence electrons. The lowest BCUT2D eigenvalue weighted by Gasteiger charge is -2.42. The van der Waals surface area contributed by atoms with E-state index >= 15 is 0 Å². The van der Waals surface area contributed by atoms with E-state index in [9.17, 15) is 4.79 Å². The van der Waals surface area contributed by atoms with Crippen LogP contribution >= 0.6 is 0 Å². The summed E-state index contributed by atoms with van der Waals surface area (Å²) in [5, 5.41) is 4.53. The van der Waals surface area contributed by atoms with Crippen LogP contribution in [0.15, 0.2) is 60.7 Å². The first-order chi connectivity index (χ1) is 17.4. The normalized spacial score (nSPS) is 15.4. The van der Waals surface area contributed by atoms with Crippen LogP contribution in [0, 0.1) is 12.3 Å². The number of aromatic nitrogens is 2. The van der Waals surface area contributed by atoms with Gasteiger partial charge in [0.2, 0.25) is 11.8 Å². The number of carbonyl (C=O) groups is 1. The summed E-state index contributed by atoms with van der Waals surface area (Å²) in [5.41, 5.74) is 3.06. The van der Waals surface area contributed by atoms with E-state index in [4.69, 9.17) is 9.47 Å². The van der Waals surface area contributed by atoms with Gasteiger partial charge in [-0.1, -0.05) is 48.5 Å². The third kappa shape index (κ3) is 6.26. The molecule has 1 saturated heterocycles. The number of ether oxygens (including phenoxy) is 2. The number of methoxy groups -OCH3 is 1. The topological polar surface area (TPSA) is 59.8 Å². The molecule has 1 fully saturated rings. The fraction of sp³-hybridized carbons (Fsp3) is 0.448. The lowest BCUT2D eigenvalue weighted by atomic mass is 9.75. The van der Waals surface area contributed by atoms with Crippen LogP contribution in [0.5, 0.6) is 11.6 Å². The molecule has 0 saturated carbocycles. The number of aryl methyl sites for hydroxylation is 2. The molecule has 7 nitrogen and oxygen atoms in total. The van der Waals surface area contributed by atoms with Crippen molar-refractivity contribution in [2.75, 3.05) is 33.9 Å². The number of likely N-dealkylation sites (tertiary alicyclic amines) is 1. The maximum Gasteiger partial charge on any atom is 0.223 e. The van der Waals surface area contributed by atoms with Crippen LogP contribution in [0.3, 0.4) is 0 Å². The number of rotatable bonds is 10. The first-order valence-electron chi connectivity index (χ1n) is 12.6. The highest BCUT2D eigenvalue weighted by atomic mass is 16.5. The Morgan fingerprint density at radius 2 is 1.69 bits per heavy atom. The van der Waals surface area contributed by atoms with Crippen molar-refractivity contribution < 1.29 is 14.3 Å². The molecule has 1 aliphatic heterocycles. The van der Waals surface area contributed by atoms with E-state index in [1.807, 2.05) is 74.4 Å². The summed E-state index contributed by atoms with van der Waals surface area (Å²) in [6.07, 6.45) is 2.27. The fourth-order valence-corrected chi connectivity index (χ4v) is 5.05. The summed E-state index contributed by atoms with van der Waals surface area (Å²) in [4.78, 5) is 17.6. The van der Waals surface area contributed by atoms with Gasteiger partial charge >= 0.3 is 0 Å². The zero-order valence-corrected chi connectivity index (χ0v) is 21.9. The van der Waals surface area contributed by atoms with Gasteiger partial charge in [0.25, 0.3) is 0 Å². The van der Waals surface area contributed by atoms with Gasteiger partial charge in [0.05, 0.1) is 25.0 Å². The minimum Gasteiger partial charge on any atom is -0.493 e.